The van der Waals surface area contributed by atoms with Crippen molar-refractivity contribution in [2.24, 2.45) is 5.92 Å². The predicted molar refractivity (Wildman–Crippen MR) is 61.9 cm³/mol. The van der Waals surface area contributed by atoms with E-state index in [0.29, 0.717) is 5.82 Å². The van der Waals surface area contributed by atoms with E-state index in [4.69, 9.17) is 11.6 Å². The number of ether oxygens (including phenoxy) is 1. The minimum atomic E-state index is -0.553. The maximum atomic E-state index is 11.5. The van der Waals surface area contributed by atoms with Gasteiger partial charge in [0.2, 0.25) is 5.91 Å². The molecule has 0 bridgehead atoms. The predicted octanol–water partition coefficient (Wildman–Crippen LogP) is 1.87. The minimum Gasteiger partial charge on any atom is -0.465 e. The summed E-state index contributed by atoms with van der Waals surface area (Å²) in [6, 6.07) is 1.44. The average molecular weight is 255 g/mol. The number of hydrogen-bond acceptors (Lipinski definition) is 4. The monoisotopic (exact) mass is 254 g/mol. The van der Waals surface area contributed by atoms with Crippen LogP contribution in [0.1, 0.15) is 23.2 Å². The fourth-order valence-electron chi connectivity index (χ4n) is 1.33. The summed E-state index contributed by atoms with van der Waals surface area (Å²) >= 11 is 5.89. The van der Waals surface area contributed by atoms with Gasteiger partial charge < -0.3 is 10.1 Å². The number of carbonyl (C=O) groups excluding carboxylic acids is 2. The molecule has 6 heteroatoms. The van der Waals surface area contributed by atoms with Gasteiger partial charge in [0.05, 0.1) is 17.7 Å². The molecule has 1 aromatic rings. The van der Waals surface area contributed by atoms with Gasteiger partial charge in [-0.05, 0) is 12.8 Å². The molecule has 1 N–H and O–H groups in total. The largest absolute Gasteiger partial charge is 0.465 e. The summed E-state index contributed by atoms with van der Waals surface area (Å²) in [5.41, 5.74) is 0.179. The topological polar surface area (TPSA) is 68.3 Å². The van der Waals surface area contributed by atoms with E-state index in [9.17, 15) is 9.59 Å². The molecular formula is C11H11ClN2O3. The molecule has 1 aliphatic carbocycles. The third kappa shape index (κ3) is 2.74. The molecule has 1 saturated carbocycles. The molecule has 0 aromatic carbocycles. The molecule has 0 saturated heterocycles. The molecule has 1 aliphatic rings. The first-order valence-corrected chi connectivity index (χ1v) is 5.54. The van der Waals surface area contributed by atoms with Crippen LogP contribution in [0.4, 0.5) is 5.82 Å². The highest BCUT2D eigenvalue weighted by atomic mass is 35.5. The van der Waals surface area contributed by atoms with Crippen LogP contribution >= 0.6 is 11.6 Å². The lowest BCUT2D eigenvalue weighted by Crippen LogP contribution is -2.14. The van der Waals surface area contributed by atoms with E-state index in [1.165, 1.54) is 19.4 Å². The Kier molecular flexibility index (Phi) is 3.28. The van der Waals surface area contributed by atoms with Crippen molar-refractivity contribution in [1.29, 1.82) is 0 Å². The van der Waals surface area contributed by atoms with Gasteiger partial charge >= 0.3 is 5.97 Å². The van der Waals surface area contributed by atoms with Gasteiger partial charge in [-0.15, -0.1) is 0 Å². The number of amides is 1. The third-order valence-corrected chi connectivity index (χ3v) is 2.77. The van der Waals surface area contributed by atoms with Crippen LogP contribution in [0, 0.1) is 5.92 Å². The standard InChI is InChI=1S/C11H11ClN2O3/c1-17-11(16)7-5-13-9(4-8(7)12)14-10(15)6-2-3-6/h4-6H,2-3H2,1H3,(H,13,14,15). The van der Waals surface area contributed by atoms with E-state index in [-0.39, 0.29) is 22.4 Å². The number of carbonyl (C=O) groups is 2. The lowest BCUT2D eigenvalue weighted by atomic mass is 10.3. The van der Waals surface area contributed by atoms with Gasteiger partial charge in [-0.25, -0.2) is 9.78 Å². The zero-order chi connectivity index (χ0) is 12.4. The SMILES string of the molecule is COC(=O)c1cnc(NC(=O)C2CC2)cc1Cl. The first-order chi connectivity index (χ1) is 8.11. The molecule has 5 nitrogen and oxygen atoms in total. The summed E-state index contributed by atoms with van der Waals surface area (Å²) in [5.74, 6) is -0.169. The van der Waals surface area contributed by atoms with Crippen LogP contribution in [0.2, 0.25) is 5.02 Å². The second-order valence-corrected chi connectivity index (χ2v) is 4.21. The van der Waals surface area contributed by atoms with E-state index in [0.717, 1.165) is 12.8 Å². The number of halogens is 1. The number of anilines is 1. The molecular weight excluding hydrogens is 244 g/mol. The van der Waals surface area contributed by atoms with Crippen molar-refractivity contribution in [2.45, 2.75) is 12.8 Å². The van der Waals surface area contributed by atoms with Gasteiger partial charge in [-0.1, -0.05) is 11.6 Å². The molecule has 2 rings (SSSR count). The van der Waals surface area contributed by atoms with Crippen LogP contribution in [-0.4, -0.2) is 24.0 Å². The number of methoxy groups -OCH3 is 1. The second-order valence-electron chi connectivity index (χ2n) is 3.80. The van der Waals surface area contributed by atoms with Gasteiger partial charge in [-0.3, -0.25) is 4.79 Å². The first-order valence-electron chi connectivity index (χ1n) is 5.16. The summed E-state index contributed by atoms with van der Waals surface area (Å²) in [4.78, 5) is 26.7. The highest BCUT2D eigenvalue weighted by Gasteiger charge is 2.29. The van der Waals surface area contributed by atoms with E-state index in [2.05, 4.69) is 15.0 Å². The molecule has 1 amide bonds. The number of rotatable bonds is 3. The second kappa shape index (κ2) is 4.71. The molecule has 0 radical (unpaired) electrons. The van der Waals surface area contributed by atoms with Crippen molar-refractivity contribution in [3.05, 3.63) is 22.8 Å². The number of aromatic nitrogens is 1. The minimum absolute atomic E-state index is 0.0561. The van der Waals surface area contributed by atoms with Crippen LogP contribution < -0.4 is 5.32 Å². The van der Waals surface area contributed by atoms with Crippen LogP contribution in [0.15, 0.2) is 12.3 Å². The maximum absolute atomic E-state index is 11.5. The lowest BCUT2D eigenvalue weighted by Gasteiger charge is -2.06. The number of nitrogens with one attached hydrogen (secondary N) is 1. The highest BCUT2D eigenvalue weighted by molar-refractivity contribution is 6.33. The highest BCUT2D eigenvalue weighted by Crippen LogP contribution is 2.30. The van der Waals surface area contributed by atoms with Crippen LogP contribution in [0.3, 0.4) is 0 Å². The molecule has 0 unspecified atom stereocenters. The van der Waals surface area contributed by atoms with Crippen LogP contribution in [-0.2, 0) is 9.53 Å². The van der Waals surface area contributed by atoms with Crippen molar-refractivity contribution in [3.8, 4) is 0 Å². The fourth-order valence-corrected chi connectivity index (χ4v) is 1.56. The molecule has 0 spiro atoms. The normalized spacial score (nSPS) is 14.2. The number of pyridine rings is 1. The quantitative estimate of drug-likeness (QED) is 0.836. The fraction of sp³-hybridized carbons (Fsp3) is 0.364. The Morgan fingerprint density at radius 1 is 1.53 bits per heavy atom. The Labute approximate surface area is 103 Å². The Hall–Kier alpha value is -1.62. The van der Waals surface area contributed by atoms with Crippen LogP contribution in [0.25, 0.3) is 0 Å². The average Bonchev–Trinajstić information content (AvgIpc) is 3.12. The van der Waals surface area contributed by atoms with E-state index in [1.807, 2.05) is 0 Å². The maximum Gasteiger partial charge on any atom is 0.340 e. The van der Waals surface area contributed by atoms with E-state index in [1.54, 1.807) is 0 Å². The first kappa shape index (κ1) is 11.9. The molecule has 1 aromatic heterocycles. The van der Waals surface area contributed by atoms with Crippen molar-refractivity contribution < 1.29 is 14.3 Å². The Morgan fingerprint density at radius 3 is 2.76 bits per heavy atom. The van der Waals surface area contributed by atoms with Gasteiger partial charge in [0, 0.05) is 18.2 Å². The number of hydrogen-bond donors (Lipinski definition) is 1. The van der Waals surface area contributed by atoms with E-state index >= 15 is 0 Å². The smallest absolute Gasteiger partial charge is 0.340 e. The zero-order valence-electron chi connectivity index (χ0n) is 9.20. The molecule has 1 fully saturated rings. The van der Waals surface area contributed by atoms with Crippen LogP contribution in [0.5, 0.6) is 0 Å². The molecule has 0 atom stereocenters. The summed E-state index contributed by atoms with van der Waals surface area (Å²) in [6.45, 7) is 0. The molecule has 1 heterocycles. The molecule has 90 valence electrons. The van der Waals surface area contributed by atoms with Crippen molar-refractivity contribution >= 4 is 29.3 Å². The lowest BCUT2D eigenvalue weighted by molar-refractivity contribution is -0.117. The van der Waals surface area contributed by atoms with Crippen molar-refractivity contribution in [1.82, 2.24) is 4.98 Å². The zero-order valence-corrected chi connectivity index (χ0v) is 9.95. The Balaban J connectivity index is 2.12. The summed E-state index contributed by atoms with van der Waals surface area (Å²) in [7, 11) is 1.27. The molecule has 0 aliphatic heterocycles. The number of nitrogens with zero attached hydrogens (tertiary/aromatic N) is 1. The summed E-state index contributed by atoms with van der Waals surface area (Å²) in [5, 5.41) is 2.85. The van der Waals surface area contributed by atoms with Crippen molar-refractivity contribution in [3.63, 3.8) is 0 Å². The summed E-state index contributed by atoms with van der Waals surface area (Å²) < 4.78 is 4.54. The Morgan fingerprint density at radius 2 is 2.24 bits per heavy atom. The van der Waals surface area contributed by atoms with Crippen molar-refractivity contribution in [2.75, 3.05) is 12.4 Å². The van der Waals surface area contributed by atoms with Gasteiger partial charge in [0.15, 0.2) is 0 Å². The van der Waals surface area contributed by atoms with Gasteiger partial charge in [-0.2, -0.15) is 0 Å². The van der Waals surface area contributed by atoms with Gasteiger partial charge in [0.25, 0.3) is 0 Å². The number of esters is 1. The molecule has 17 heavy (non-hydrogen) atoms. The summed E-state index contributed by atoms with van der Waals surface area (Å²) in [6.07, 6.45) is 3.12. The van der Waals surface area contributed by atoms with E-state index < -0.39 is 5.97 Å². The Bertz CT molecular complexity index is 472. The third-order valence-electron chi connectivity index (χ3n) is 2.46. The van der Waals surface area contributed by atoms with Gasteiger partial charge in [0.1, 0.15) is 5.82 Å².